The summed E-state index contributed by atoms with van der Waals surface area (Å²) in [5.74, 6) is 0.249. The molecule has 4 nitrogen and oxygen atoms in total. The standard InChI is InChI=1S/C15H19NO3/c1-15(2,3)12-9-19-13(16-12)10-6-5-7-11(8-10)14(17)18-4/h5-8,12H,9H2,1-4H3/t12-/m1/s1. The Kier molecular flexibility index (Phi) is 3.60. The van der Waals surface area contributed by atoms with E-state index in [9.17, 15) is 4.79 Å². The Labute approximate surface area is 113 Å². The van der Waals surface area contributed by atoms with Crippen molar-refractivity contribution in [3.63, 3.8) is 0 Å². The van der Waals surface area contributed by atoms with Crippen molar-refractivity contribution < 1.29 is 14.3 Å². The lowest BCUT2D eigenvalue weighted by atomic mass is 9.88. The second-order valence-corrected chi connectivity index (χ2v) is 5.70. The second kappa shape index (κ2) is 5.03. The Morgan fingerprint density at radius 2 is 2.16 bits per heavy atom. The highest BCUT2D eigenvalue weighted by molar-refractivity contribution is 5.98. The zero-order valence-corrected chi connectivity index (χ0v) is 11.8. The maximum Gasteiger partial charge on any atom is 0.337 e. The van der Waals surface area contributed by atoms with Gasteiger partial charge in [0, 0.05) is 5.56 Å². The molecule has 0 N–H and O–H groups in total. The molecule has 1 aliphatic rings. The van der Waals surface area contributed by atoms with Gasteiger partial charge in [-0.2, -0.15) is 0 Å². The predicted molar refractivity (Wildman–Crippen MR) is 73.5 cm³/mol. The molecule has 0 aromatic heterocycles. The van der Waals surface area contributed by atoms with Crippen LogP contribution in [0, 0.1) is 5.41 Å². The number of methoxy groups -OCH3 is 1. The lowest BCUT2D eigenvalue weighted by Gasteiger charge is -2.21. The monoisotopic (exact) mass is 261 g/mol. The molecule has 0 spiro atoms. The summed E-state index contributed by atoms with van der Waals surface area (Å²) in [6, 6.07) is 7.29. The first-order chi connectivity index (χ1) is 8.91. The Morgan fingerprint density at radius 1 is 1.42 bits per heavy atom. The van der Waals surface area contributed by atoms with Gasteiger partial charge in [-0.3, -0.25) is 0 Å². The number of carbonyl (C=O) groups excluding carboxylic acids is 1. The van der Waals surface area contributed by atoms with Crippen LogP contribution >= 0.6 is 0 Å². The van der Waals surface area contributed by atoms with Crippen LogP contribution in [0.5, 0.6) is 0 Å². The van der Waals surface area contributed by atoms with Gasteiger partial charge in [-0.25, -0.2) is 9.79 Å². The van der Waals surface area contributed by atoms with E-state index in [4.69, 9.17) is 9.47 Å². The number of esters is 1. The van der Waals surface area contributed by atoms with E-state index in [1.165, 1.54) is 7.11 Å². The fourth-order valence-corrected chi connectivity index (χ4v) is 1.87. The average Bonchev–Trinajstić information content (AvgIpc) is 2.87. The molecule has 2 rings (SSSR count). The average molecular weight is 261 g/mol. The molecule has 1 aromatic rings. The lowest BCUT2D eigenvalue weighted by molar-refractivity contribution is 0.0600. The van der Waals surface area contributed by atoms with Gasteiger partial charge in [0.2, 0.25) is 5.90 Å². The molecule has 0 fully saturated rings. The third-order valence-electron chi connectivity index (χ3n) is 3.18. The van der Waals surface area contributed by atoms with E-state index in [2.05, 4.69) is 25.8 Å². The van der Waals surface area contributed by atoms with Crippen LogP contribution in [-0.4, -0.2) is 31.6 Å². The number of nitrogens with zero attached hydrogens (tertiary/aromatic N) is 1. The molecule has 1 atom stereocenters. The first-order valence-electron chi connectivity index (χ1n) is 6.31. The van der Waals surface area contributed by atoms with E-state index >= 15 is 0 Å². The zero-order valence-electron chi connectivity index (χ0n) is 11.8. The minimum absolute atomic E-state index is 0.0711. The third-order valence-corrected chi connectivity index (χ3v) is 3.18. The number of hydrogen-bond donors (Lipinski definition) is 0. The predicted octanol–water partition coefficient (Wildman–Crippen LogP) is 2.66. The topological polar surface area (TPSA) is 47.9 Å². The Bertz CT molecular complexity index is 514. The zero-order chi connectivity index (χ0) is 14.0. The van der Waals surface area contributed by atoms with Gasteiger partial charge < -0.3 is 9.47 Å². The molecule has 0 radical (unpaired) electrons. The van der Waals surface area contributed by atoms with Gasteiger partial charge >= 0.3 is 5.97 Å². The molecule has 1 aromatic carbocycles. The van der Waals surface area contributed by atoms with Crippen LogP contribution in [0.3, 0.4) is 0 Å². The molecule has 4 heteroatoms. The van der Waals surface area contributed by atoms with Crippen LogP contribution in [-0.2, 0) is 9.47 Å². The van der Waals surface area contributed by atoms with E-state index in [1.807, 2.05) is 6.07 Å². The van der Waals surface area contributed by atoms with E-state index in [1.54, 1.807) is 18.2 Å². The van der Waals surface area contributed by atoms with E-state index in [-0.39, 0.29) is 17.4 Å². The largest absolute Gasteiger partial charge is 0.475 e. The molecule has 0 saturated carbocycles. The van der Waals surface area contributed by atoms with Crippen molar-refractivity contribution in [3.05, 3.63) is 35.4 Å². The van der Waals surface area contributed by atoms with Crippen LogP contribution in [0.15, 0.2) is 29.3 Å². The van der Waals surface area contributed by atoms with Gasteiger partial charge in [-0.05, 0) is 23.6 Å². The van der Waals surface area contributed by atoms with Crippen molar-refractivity contribution in [1.82, 2.24) is 0 Å². The summed E-state index contributed by atoms with van der Waals surface area (Å²) < 4.78 is 10.4. The minimum Gasteiger partial charge on any atom is -0.475 e. The molecular weight excluding hydrogens is 242 g/mol. The SMILES string of the molecule is COC(=O)c1cccc(C2=N[C@@H](C(C)(C)C)CO2)c1. The number of rotatable bonds is 2. The highest BCUT2D eigenvalue weighted by Crippen LogP contribution is 2.27. The molecule has 0 unspecified atom stereocenters. The molecule has 1 aliphatic heterocycles. The normalized spacial score (nSPS) is 18.7. The van der Waals surface area contributed by atoms with Gasteiger partial charge in [0.25, 0.3) is 0 Å². The van der Waals surface area contributed by atoms with E-state index in [0.717, 1.165) is 5.56 Å². The second-order valence-electron chi connectivity index (χ2n) is 5.70. The van der Waals surface area contributed by atoms with Gasteiger partial charge in [0.15, 0.2) is 0 Å². The smallest absolute Gasteiger partial charge is 0.337 e. The number of benzene rings is 1. The Hall–Kier alpha value is -1.84. The van der Waals surface area contributed by atoms with Gasteiger partial charge in [-0.1, -0.05) is 26.8 Å². The molecule has 1 heterocycles. The Morgan fingerprint density at radius 3 is 2.74 bits per heavy atom. The van der Waals surface area contributed by atoms with Crippen LogP contribution in [0.25, 0.3) is 0 Å². The molecular formula is C15H19NO3. The van der Waals surface area contributed by atoms with E-state index < -0.39 is 0 Å². The van der Waals surface area contributed by atoms with Crippen molar-refractivity contribution in [3.8, 4) is 0 Å². The third kappa shape index (κ3) is 2.95. The first kappa shape index (κ1) is 13.6. The maximum atomic E-state index is 11.5. The van der Waals surface area contributed by atoms with Gasteiger partial charge in [-0.15, -0.1) is 0 Å². The molecule has 0 bridgehead atoms. The van der Waals surface area contributed by atoms with Crippen molar-refractivity contribution in [2.24, 2.45) is 10.4 Å². The van der Waals surface area contributed by atoms with Crippen molar-refractivity contribution in [2.45, 2.75) is 26.8 Å². The van der Waals surface area contributed by atoms with Crippen LogP contribution in [0.1, 0.15) is 36.7 Å². The lowest BCUT2D eigenvalue weighted by Crippen LogP contribution is -2.25. The summed E-state index contributed by atoms with van der Waals surface area (Å²) in [5, 5.41) is 0. The van der Waals surface area contributed by atoms with Crippen LogP contribution in [0.2, 0.25) is 0 Å². The van der Waals surface area contributed by atoms with Crippen molar-refractivity contribution in [1.29, 1.82) is 0 Å². The summed E-state index contributed by atoms with van der Waals surface area (Å²) in [7, 11) is 1.37. The summed E-state index contributed by atoms with van der Waals surface area (Å²) in [6.07, 6.45) is 0. The highest BCUT2D eigenvalue weighted by atomic mass is 16.5. The first-order valence-corrected chi connectivity index (χ1v) is 6.31. The minimum atomic E-state index is -0.354. The summed E-state index contributed by atoms with van der Waals surface area (Å²) in [6.45, 7) is 7.00. The molecule has 0 saturated heterocycles. The number of aliphatic imine (C=N–C) groups is 1. The van der Waals surface area contributed by atoms with Gasteiger partial charge in [0.1, 0.15) is 6.61 Å². The van der Waals surface area contributed by atoms with Crippen LogP contribution < -0.4 is 0 Å². The van der Waals surface area contributed by atoms with Crippen molar-refractivity contribution in [2.75, 3.05) is 13.7 Å². The fraction of sp³-hybridized carbons (Fsp3) is 0.467. The van der Waals surface area contributed by atoms with E-state index in [0.29, 0.717) is 18.1 Å². The fourth-order valence-electron chi connectivity index (χ4n) is 1.87. The Balaban J connectivity index is 2.26. The molecule has 102 valence electrons. The summed E-state index contributed by atoms with van der Waals surface area (Å²) in [4.78, 5) is 16.1. The summed E-state index contributed by atoms with van der Waals surface area (Å²) in [5.41, 5.74) is 1.39. The number of ether oxygens (including phenoxy) is 2. The quantitative estimate of drug-likeness (QED) is 0.769. The molecule has 19 heavy (non-hydrogen) atoms. The van der Waals surface area contributed by atoms with Crippen molar-refractivity contribution >= 4 is 11.9 Å². The molecule has 0 amide bonds. The molecule has 0 aliphatic carbocycles. The summed E-state index contributed by atoms with van der Waals surface area (Å²) >= 11 is 0. The number of carbonyl (C=O) groups is 1. The highest BCUT2D eigenvalue weighted by Gasteiger charge is 2.30. The van der Waals surface area contributed by atoms with Gasteiger partial charge in [0.05, 0.1) is 18.7 Å². The van der Waals surface area contributed by atoms with Crippen LogP contribution in [0.4, 0.5) is 0 Å². The number of hydrogen-bond acceptors (Lipinski definition) is 4. The maximum absolute atomic E-state index is 11.5.